The molecule has 0 amide bonds. The minimum atomic E-state index is -0.0453. The molecule has 0 bridgehead atoms. The van der Waals surface area contributed by atoms with Gasteiger partial charge in [-0.2, -0.15) is 0 Å². The van der Waals surface area contributed by atoms with Crippen molar-refractivity contribution in [3.63, 3.8) is 0 Å². The summed E-state index contributed by atoms with van der Waals surface area (Å²) in [5.41, 5.74) is 0. The van der Waals surface area contributed by atoms with Gasteiger partial charge in [0.05, 0.1) is 13.2 Å². The second kappa shape index (κ2) is 7.25. The van der Waals surface area contributed by atoms with Crippen LogP contribution < -0.4 is 0 Å². The molecule has 0 spiro atoms. The fraction of sp³-hybridized carbons (Fsp3) is 0.933. The molecule has 2 unspecified atom stereocenters. The Labute approximate surface area is 117 Å². The van der Waals surface area contributed by atoms with Crippen LogP contribution in [-0.2, 0) is 9.53 Å². The quantitative estimate of drug-likeness (QED) is 0.562. The van der Waals surface area contributed by atoms with Crippen LogP contribution in [0.1, 0.15) is 39.0 Å². The molecule has 0 aliphatic carbocycles. The van der Waals surface area contributed by atoms with E-state index in [4.69, 9.17) is 4.74 Å². The number of esters is 1. The Balaban J connectivity index is 1.73. The van der Waals surface area contributed by atoms with E-state index in [-0.39, 0.29) is 5.97 Å². The van der Waals surface area contributed by atoms with Gasteiger partial charge in [0.25, 0.3) is 0 Å². The second-order valence-electron chi connectivity index (χ2n) is 6.05. The van der Waals surface area contributed by atoms with E-state index in [2.05, 4.69) is 23.8 Å². The molecule has 0 aromatic carbocycles. The highest BCUT2D eigenvalue weighted by Crippen LogP contribution is 2.29. The summed E-state index contributed by atoms with van der Waals surface area (Å²) in [6.07, 6.45) is 5.86. The lowest BCUT2D eigenvalue weighted by atomic mass is 9.84. The summed E-state index contributed by atoms with van der Waals surface area (Å²) < 4.78 is 5.25. The Bertz CT molecular complexity index is 296. The Hall–Kier alpha value is -0.610. The van der Waals surface area contributed by atoms with Crippen LogP contribution in [0.3, 0.4) is 0 Å². The minimum absolute atomic E-state index is 0.0453. The van der Waals surface area contributed by atoms with E-state index >= 15 is 0 Å². The lowest BCUT2D eigenvalue weighted by Crippen LogP contribution is -2.53. The third-order valence-corrected chi connectivity index (χ3v) is 4.54. The zero-order valence-electron chi connectivity index (χ0n) is 12.4. The molecule has 4 nitrogen and oxygen atoms in total. The Kier molecular flexibility index (Phi) is 5.64. The highest BCUT2D eigenvalue weighted by molar-refractivity contribution is 5.71. The number of nitrogens with zero attached hydrogens (tertiary/aromatic N) is 2. The van der Waals surface area contributed by atoms with Gasteiger partial charge in [0.1, 0.15) is 0 Å². The monoisotopic (exact) mass is 268 g/mol. The van der Waals surface area contributed by atoms with Crippen LogP contribution in [0.25, 0.3) is 0 Å². The second-order valence-corrected chi connectivity index (χ2v) is 6.05. The Morgan fingerprint density at radius 3 is 2.95 bits per heavy atom. The summed E-state index contributed by atoms with van der Waals surface area (Å²) >= 11 is 0. The molecule has 2 rings (SSSR count). The highest BCUT2D eigenvalue weighted by Gasteiger charge is 2.34. The molecule has 0 aromatic heterocycles. The summed E-state index contributed by atoms with van der Waals surface area (Å²) in [5.74, 6) is 0.701. The first-order chi connectivity index (χ1) is 9.20. The van der Waals surface area contributed by atoms with Gasteiger partial charge >= 0.3 is 5.97 Å². The van der Waals surface area contributed by atoms with Crippen LogP contribution in [0, 0.1) is 5.92 Å². The fourth-order valence-corrected chi connectivity index (χ4v) is 3.43. The number of carbonyl (C=O) groups excluding carboxylic acids is 1. The molecule has 2 fully saturated rings. The molecule has 0 saturated carbocycles. The van der Waals surface area contributed by atoms with E-state index in [0.717, 1.165) is 37.9 Å². The smallest absolute Gasteiger partial charge is 0.320 e. The number of carbonyl (C=O) groups is 1. The average molecular weight is 268 g/mol. The maximum absolute atomic E-state index is 11.7. The van der Waals surface area contributed by atoms with Gasteiger partial charge in [-0.25, -0.2) is 0 Å². The van der Waals surface area contributed by atoms with Crippen molar-refractivity contribution in [2.45, 2.75) is 45.1 Å². The van der Waals surface area contributed by atoms with Crippen LogP contribution in [0.15, 0.2) is 0 Å². The summed E-state index contributed by atoms with van der Waals surface area (Å²) in [5, 5.41) is 0. The number of fused-ring (bicyclic) bond motifs is 1. The van der Waals surface area contributed by atoms with E-state index in [1.54, 1.807) is 0 Å². The molecule has 19 heavy (non-hydrogen) atoms. The summed E-state index contributed by atoms with van der Waals surface area (Å²) in [7, 11) is 2.24. The van der Waals surface area contributed by atoms with Crippen LogP contribution in [0.4, 0.5) is 0 Å². The molecule has 0 radical (unpaired) electrons. The summed E-state index contributed by atoms with van der Waals surface area (Å²) in [6.45, 7) is 6.51. The minimum Gasteiger partial charge on any atom is -0.465 e. The summed E-state index contributed by atoms with van der Waals surface area (Å²) in [4.78, 5) is 16.5. The number of rotatable bonds is 5. The van der Waals surface area contributed by atoms with Crippen LogP contribution in [0.2, 0.25) is 0 Å². The van der Waals surface area contributed by atoms with E-state index in [0.29, 0.717) is 13.2 Å². The number of hydrogen-bond acceptors (Lipinski definition) is 4. The standard InChI is InChI=1S/C15H28N2O2/c1-3-4-10-19-15(18)12-17-9-7-14-13(11-17)6-5-8-16(14)2/h13-14H,3-12H2,1-2H3. The van der Waals surface area contributed by atoms with Gasteiger partial charge in [0.2, 0.25) is 0 Å². The molecule has 0 N–H and O–H groups in total. The SMILES string of the molecule is CCCCOC(=O)CN1CCC2C(CCCN2C)C1. The molecule has 2 heterocycles. The van der Waals surface area contributed by atoms with Gasteiger partial charge in [-0.3, -0.25) is 9.69 Å². The highest BCUT2D eigenvalue weighted by atomic mass is 16.5. The zero-order valence-corrected chi connectivity index (χ0v) is 12.4. The van der Waals surface area contributed by atoms with Gasteiger partial charge in [-0.05, 0) is 45.2 Å². The van der Waals surface area contributed by atoms with Crippen LogP contribution >= 0.6 is 0 Å². The maximum atomic E-state index is 11.7. The maximum Gasteiger partial charge on any atom is 0.320 e. The molecule has 0 aromatic rings. The van der Waals surface area contributed by atoms with Crippen molar-refractivity contribution < 1.29 is 9.53 Å². The van der Waals surface area contributed by atoms with Crippen molar-refractivity contribution in [1.29, 1.82) is 0 Å². The molecule has 110 valence electrons. The average Bonchev–Trinajstić information content (AvgIpc) is 2.39. The third-order valence-electron chi connectivity index (χ3n) is 4.54. The lowest BCUT2D eigenvalue weighted by molar-refractivity contribution is -0.146. The number of unbranched alkanes of at least 4 members (excludes halogenated alkanes) is 1. The van der Waals surface area contributed by atoms with Crippen molar-refractivity contribution in [1.82, 2.24) is 9.80 Å². The number of likely N-dealkylation sites (tertiary alicyclic amines) is 2. The third kappa shape index (κ3) is 4.18. The number of hydrogen-bond donors (Lipinski definition) is 0. The molecule has 4 heteroatoms. The first-order valence-corrected chi connectivity index (χ1v) is 7.79. The topological polar surface area (TPSA) is 32.8 Å². The molecular weight excluding hydrogens is 240 g/mol. The normalized spacial score (nSPS) is 28.9. The van der Waals surface area contributed by atoms with Crippen molar-refractivity contribution in [2.24, 2.45) is 5.92 Å². The van der Waals surface area contributed by atoms with E-state index < -0.39 is 0 Å². The summed E-state index contributed by atoms with van der Waals surface area (Å²) in [6, 6.07) is 0.737. The van der Waals surface area contributed by atoms with Crippen molar-refractivity contribution in [2.75, 3.05) is 39.8 Å². The number of ether oxygens (including phenoxy) is 1. The van der Waals surface area contributed by atoms with Crippen molar-refractivity contribution in [3.05, 3.63) is 0 Å². The largest absolute Gasteiger partial charge is 0.465 e. The molecule has 2 aliphatic heterocycles. The lowest BCUT2D eigenvalue weighted by Gasteiger charge is -2.45. The predicted molar refractivity (Wildman–Crippen MR) is 76.1 cm³/mol. The molecule has 2 saturated heterocycles. The van der Waals surface area contributed by atoms with Gasteiger partial charge in [-0.1, -0.05) is 13.3 Å². The van der Waals surface area contributed by atoms with Gasteiger partial charge in [-0.15, -0.1) is 0 Å². The number of piperidine rings is 2. The van der Waals surface area contributed by atoms with E-state index in [1.807, 2.05) is 0 Å². The predicted octanol–water partition coefficient (Wildman–Crippen LogP) is 1.75. The van der Waals surface area contributed by atoms with Crippen LogP contribution in [0.5, 0.6) is 0 Å². The molecular formula is C15H28N2O2. The van der Waals surface area contributed by atoms with Crippen molar-refractivity contribution >= 4 is 5.97 Å². The molecule has 2 aliphatic rings. The Morgan fingerprint density at radius 2 is 2.16 bits per heavy atom. The van der Waals surface area contributed by atoms with Gasteiger partial charge in [0.15, 0.2) is 0 Å². The van der Waals surface area contributed by atoms with Crippen molar-refractivity contribution in [3.8, 4) is 0 Å². The molecule has 2 atom stereocenters. The van der Waals surface area contributed by atoms with Gasteiger partial charge < -0.3 is 9.64 Å². The first kappa shape index (κ1) is 14.8. The fourth-order valence-electron chi connectivity index (χ4n) is 3.43. The first-order valence-electron chi connectivity index (χ1n) is 7.79. The van der Waals surface area contributed by atoms with E-state index in [1.165, 1.54) is 25.8 Å². The van der Waals surface area contributed by atoms with E-state index in [9.17, 15) is 4.79 Å². The Morgan fingerprint density at radius 1 is 1.32 bits per heavy atom. The zero-order chi connectivity index (χ0) is 13.7. The van der Waals surface area contributed by atoms with Gasteiger partial charge in [0, 0.05) is 19.1 Å². The van der Waals surface area contributed by atoms with Crippen LogP contribution in [-0.4, -0.2) is 61.6 Å².